The van der Waals surface area contributed by atoms with Crippen molar-refractivity contribution < 1.29 is 13.2 Å². The van der Waals surface area contributed by atoms with E-state index in [0.29, 0.717) is 18.3 Å². The Morgan fingerprint density at radius 3 is 2.55 bits per heavy atom. The van der Waals surface area contributed by atoms with E-state index >= 15 is 0 Å². The van der Waals surface area contributed by atoms with E-state index in [2.05, 4.69) is 19.9 Å². The maximum atomic E-state index is 12.0. The Morgan fingerprint density at radius 1 is 1.30 bits per heavy atom. The summed E-state index contributed by atoms with van der Waals surface area (Å²) in [6, 6.07) is 6.21. The van der Waals surface area contributed by atoms with Crippen molar-refractivity contribution in [3.63, 3.8) is 0 Å². The zero-order chi connectivity index (χ0) is 14.6. The van der Waals surface area contributed by atoms with E-state index in [1.165, 1.54) is 18.5 Å². The van der Waals surface area contributed by atoms with Crippen LogP contribution in [0.4, 0.5) is 5.95 Å². The third-order valence-electron chi connectivity index (χ3n) is 2.36. The van der Waals surface area contributed by atoms with Crippen molar-refractivity contribution in [1.29, 1.82) is 0 Å². The molecular weight excluding hydrogens is 280 g/mol. The van der Waals surface area contributed by atoms with Crippen LogP contribution in [-0.2, 0) is 10.0 Å². The molecule has 7 nitrogen and oxygen atoms in total. The summed E-state index contributed by atoms with van der Waals surface area (Å²) in [4.78, 5) is 3.84. The highest BCUT2D eigenvalue weighted by molar-refractivity contribution is 7.92. The van der Waals surface area contributed by atoms with Crippen LogP contribution in [0.5, 0.6) is 5.75 Å². The standard InChI is InChI=1S/C12H16N4O3S/c1-9(2)7-19-10-3-5-11(6-4-10)20(17,18)16-12-13-8-14-15-12/h3-6,8-9H,7H2,1-2H3,(H2,13,14,15,16). The fraction of sp³-hybridized carbons (Fsp3) is 0.333. The number of hydrogen-bond acceptors (Lipinski definition) is 5. The summed E-state index contributed by atoms with van der Waals surface area (Å²) in [5.41, 5.74) is 0. The number of H-pyrrole nitrogens is 1. The van der Waals surface area contributed by atoms with Gasteiger partial charge in [0.1, 0.15) is 12.1 Å². The molecule has 0 atom stereocenters. The number of nitrogens with zero attached hydrogens (tertiary/aromatic N) is 2. The molecule has 2 rings (SSSR count). The molecule has 8 heteroatoms. The number of benzene rings is 1. The number of aromatic nitrogens is 3. The van der Waals surface area contributed by atoms with Gasteiger partial charge in [-0.05, 0) is 30.2 Å². The molecule has 0 aliphatic heterocycles. The second-order valence-corrected chi connectivity index (χ2v) is 6.30. The predicted octanol–water partition coefficient (Wildman–Crippen LogP) is 1.64. The van der Waals surface area contributed by atoms with Gasteiger partial charge in [-0.25, -0.2) is 18.2 Å². The van der Waals surface area contributed by atoms with Crippen LogP contribution in [0.2, 0.25) is 0 Å². The SMILES string of the molecule is CC(C)COc1ccc(S(=O)(=O)Nc2ncn[nH]2)cc1. The lowest BCUT2D eigenvalue weighted by Crippen LogP contribution is -2.14. The third kappa shape index (κ3) is 3.70. The second-order valence-electron chi connectivity index (χ2n) is 4.62. The molecule has 0 fully saturated rings. The van der Waals surface area contributed by atoms with Crippen LogP contribution in [0.15, 0.2) is 35.5 Å². The van der Waals surface area contributed by atoms with Crippen LogP contribution >= 0.6 is 0 Å². The number of anilines is 1. The van der Waals surface area contributed by atoms with E-state index in [9.17, 15) is 8.42 Å². The molecule has 0 amide bonds. The first-order valence-corrected chi connectivity index (χ1v) is 7.57. The second kappa shape index (κ2) is 5.91. The summed E-state index contributed by atoms with van der Waals surface area (Å²) in [5, 5.41) is 6.00. The molecule has 108 valence electrons. The number of sulfonamides is 1. The Labute approximate surface area is 117 Å². The Kier molecular flexibility index (Phi) is 4.23. The highest BCUT2D eigenvalue weighted by Gasteiger charge is 2.15. The van der Waals surface area contributed by atoms with Gasteiger partial charge < -0.3 is 4.74 Å². The predicted molar refractivity (Wildman–Crippen MR) is 74.0 cm³/mol. The van der Waals surface area contributed by atoms with Crippen LogP contribution < -0.4 is 9.46 Å². The topological polar surface area (TPSA) is 97.0 Å². The molecule has 0 aliphatic rings. The Hall–Kier alpha value is -2.09. The summed E-state index contributed by atoms with van der Waals surface area (Å²) in [6.07, 6.45) is 1.22. The average molecular weight is 296 g/mol. The van der Waals surface area contributed by atoms with Crippen molar-refractivity contribution in [2.45, 2.75) is 18.7 Å². The number of rotatable bonds is 6. The number of aromatic amines is 1. The largest absolute Gasteiger partial charge is 0.493 e. The molecular formula is C12H16N4O3S. The molecule has 0 spiro atoms. The smallest absolute Gasteiger partial charge is 0.264 e. The normalized spacial score (nSPS) is 11.6. The molecule has 0 bridgehead atoms. The van der Waals surface area contributed by atoms with Crippen molar-refractivity contribution in [2.24, 2.45) is 5.92 Å². The molecule has 1 aromatic heterocycles. The van der Waals surface area contributed by atoms with Gasteiger partial charge in [-0.15, -0.1) is 0 Å². The Bertz CT molecular complexity index is 636. The highest BCUT2D eigenvalue weighted by atomic mass is 32.2. The van der Waals surface area contributed by atoms with Crippen molar-refractivity contribution in [3.8, 4) is 5.75 Å². The van der Waals surface area contributed by atoms with E-state index in [1.54, 1.807) is 12.1 Å². The van der Waals surface area contributed by atoms with Gasteiger partial charge in [0.15, 0.2) is 0 Å². The van der Waals surface area contributed by atoms with Gasteiger partial charge >= 0.3 is 0 Å². The lowest BCUT2D eigenvalue weighted by atomic mass is 10.2. The molecule has 20 heavy (non-hydrogen) atoms. The van der Waals surface area contributed by atoms with Gasteiger partial charge in [0.05, 0.1) is 11.5 Å². The van der Waals surface area contributed by atoms with Crippen LogP contribution in [-0.4, -0.2) is 30.2 Å². The highest BCUT2D eigenvalue weighted by Crippen LogP contribution is 2.18. The zero-order valence-corrected chi connectivity index (χ0v) is 12.0. The average Bonchev–Trinajstić information content (AvgIpc) is 2.89. The molecule has 0 aliphatic carbocycles. The fourth-order valence-corrected chi connectivity index (χ4v) is 2.38. The summed E-state index contributed by atoms with van der Waals surface area (Å²) < 4.78 is 31.9. The fourth-order valence-electron chi connectivity index (χ4n) is 1.42. The minimum atomic E-state index is -3.67. The number of hydrogen-bond donors (Lipinski definition) is 2. The minimum absolute atomic E-state index is 0.0742. The molecule has 2 N–H and O–H groups in total. The van der Waals surface area contributed by atoms with Gasteiger partial charge in [0, 0.05) is 0 Å². The molecule has 0 saturated carbocycles. The molecule has 0 saturated heterocycles. The first-order valence-electron chi connectivity index (χ1n) is 6.08. The lowest BCUT2D eigenvalue weighted by molar-refractivity contribution is 0.271. The van der Waals surface area contributed by atoms with Crippen LogP contribution in [0, 0.1) is 5.92 Å². The molecule has 2 aromatic rings. The van der Waals surface area contributed by atoms with Gasteiger partial charge in [-0.2, -0.15) is 10.1 Å². The summed E-state index contributed by atoms with van der Waals surface area (Å²) in [5.74, 6) is 1.12. The maximum absolute atomic E-state index is 12.0. The molecule has 0 unspecified atom stereocenters. The van der Waals surface area contributed by atoms with E-state index in [0.717, 1.165) is 0 Å². The first kappa shape index (κ1) is 14.3. The van der Waals surface area contributed by atoms with Gasteiger partial charge in [0.2, 0.25) is 5.95 Å². The van der Waals surface area contributed by atoms with Crippen LogP contribution in [0.3, 0.4) is 0 Å². The molecule has 1 aromatic carbocycles. The van der Waals surface area contributed by atoms with E-state index in [1.807, 2.05) is 13.8 Å². The first-order chi connectivity index (χ1) is 9.47. The van der Waals surface area contributed by atoms with E-state index < -0.39 is 10.0 Å². The summed E-state index contributed by atoms with van der Waals surface area (Å²) in [7, 11) is -3.67. The van der Waals surface area contributed by atoms with Gasteiger partial charge in [-0.3, -0.25) is 0 Å². The van der Waals surface area contributed by atoms with Crippen LogP contribution in [0.25, 0.3) is 0 Å². The van der Waals surface area contributed by atoms with Crippen molar-refractivity contribution >= 4 is 16.0 Å². The molecule has 1 heterocycles. The minimum Gasteiger partial charge on any atom is -0.493 e. The van der Waals surface area contributed by atoms with Crippen LogP contribution in [0.1, 0.15) is 13.8 Å². The maximum Gasteiger partial charge on any atom is 0.264 e. The van der Waals surface area contributed by atoms with Crippen molar-refractivity contribution in [1.82, 2.24) is 15.2 Å². The van der Waals surface area contributed by atoms with E-state index in [-0.39, 0.29) is 10.8 Å². The Balaban J connectivity index is 2.08. The third-order valence-corrected chi connectivity index (χ3v) is 3.72. The summed E-state index contributed by atoms with van der Waals surface area (Å²) in [6.45, 7) is 4.67. The quantitative estimate of drug-likeness (QED) is 0.844. The lowest BCUT2D eigenvalue weighted by Gasteiger charge is -2.09. The monoisotopic (exact) mass is 296 g/mol. The number of nitrogens with one attached hydrogen (secondary N) is 2. The van der Waals surface area contributed by atoms with Gasteiger partial charge in [0.25, 0.3) is 10.0 Å². The summed E-state index contributed by atoms with van der Waals surface area (Å²) >= 11 is 0. The van der Waals surface area contributed by atoms with E-state index in [4.69, 9.17) is 4.74 Å². The van der Waals surface area contributed by atoms with Crippen molar-refractivity contribution in [3.05, 3.63) is 30.6 Å². The number of ether oxygens (including phenoxy) is 1. The van der Waals surface area contributed by atoms with Crippen molar-refractivity contribution in [2.75, 3.05) is 11.3 Å². The zero-order valence-electron chi connectivity index (χ0n) is 11.2. The molecule has 0 radical (unpaired) electrons. The van der Waals surface area contributed by atoms with Gasteiger partial charge in [-0.1, -0.05) is 13.8 Å². The Morgan fingerprint density at radius 2 is 2.00 bits per heavy atom.